The molecule has 2 aliphatic heterocycles. The summed E-state index contributed by atoms with van der Waals surface area (Å²) in [5, 5.41) is 5.33. The molecule has 150 valence electrons. The zero-order chi connectivity index (χ0) is 21.0. The number of imide groups is 2. The van der Waals surface area contributed by atoms with Crippen molar-refractivity contribution in [3.63, 3.8) is 0 Å². The smallest absolute Gasteiger partial charge is 0.324 e. The fraction of sp³-hybridized carbons (Fsp3) is 0.500. The van der Waals surface area contributed by atoms with Crippen LogP contribution in [0.15, 0.2) is 12.1 Å². The Morgan fingerprint density at radius 3 is 1.29 bits per heavy atom. The van der Waals surface area contributed by atoms with E-state index in [4.69, 9.17) is 0 Å². The Morgan fingerprint density at radius 2 is 1.04 bits per heavy atom. The highest BCUT2D eigenvalue weighted by Gasteiger charge is 2.46. The molecule has 2 N–H and O–H groups in total. The summed E-state index contributed by atoms with van der Waals surface area (Å²) in [6.45, 7) is 10.7. The highest BCUT2D eigenvalue weighted by atomic mass is 16.2. The third kappa shape index (κ3) is 3.23. The summed E-state index contributed by atoms with van der Waals surface area (Å²) < 4.78 is 0. The normalized spacial score (nSPS) is 20.6. The van der Waals surface area contributed by atoms with Crippen LogP contribution in [0.5, 0.6) is 0 Å². The second-order valence-electron chi connectivity index (χ2n) is 8.60. The van der Waals surface area contributed by atoms with Gasteiger partial charge in [0.15, 0.2) is 0 Å². The molecule has 2 fully saturated rings. The molecule has 0 saturated carbocycles. The van der Waals surface area contributed by atoms with E-state index >= 15 is 0 Å². The summed E-state index contributed by atoms with van der Waals surface area (Å²) in [7, 11) is 0. The van der Waals surface area contributed by atoms with E-state index < -0.39 is 23.1 Å². The Kier molecular flexibility index (Phi) is 4.48. The van der Waals surface area contributed by atoms with Gasteiger partial charge in [-0.1, -0.05) is 12.1 Å². The summed E-state index contributed by atoms with van der Waals surface area (Å²) in [6.07, 6.45) is 0. The number of carbonyl (C=O) groups is 4. The maximum atomic E-state index is 12.6. The molecule has 0 spiro atoms. The molecule has 0 radical (unpaired) electrons. The van der Waals surface area contributed by atoms with Gasteiger partial charge in [0.2, 0.25) is 0 Å². The second kappa shape index (κ2) is 6.32. The van der Waals surface area contributed by atoms with E-state index in [-0.39, 0.29) is 24.9 Å². The first-order chi connectivity index (χ1) is 12.8. The van der Waals surface area contributed by atoms with Gasteiger partial charge in [0.05, 0.1) is 13.1 Å². The maximum absolute atomic E-state index is 12.6. The van der Waals surface area contributed by atoms with Crippen molar-refractivity contribution in [2.75, 3.05) is 0 Å². The van der Waals surface area contributed by atoms with Crippen LogP contribution in [0.2, 0.25) is 0 Å². The Hall–Kier alpha value is -2.90. The van der Waals surface area contributed by atoms with Gasteiger partial charge in [0.1, 0.15) is 11.1 Å². The molecule has 0 bridgehead atoms. The number of carbonyl (C=O) groups excluding carboxylic acids is 4. The summed E-state index contributed by atoms with van der Waals surface area (Å²) in [4.78, 5) is 52.0. The number of benzene rings is 1. The van der Waals surface area contributed by atoms with Crippen molar-refractivity contribution < 1.29 is 19.2 Å². The quantitative estimate of drug-likeness (QED) is 0.773. The molecule has 2 saturated heterocycles. The number of nitrogens with one attached hydrogen (secondary N) is 2. The van der Waals surface area contributed by atoms with E-state index in [2.05, 4.69) is 10.6 Å². The SMILES string of the molecule is Cc1cc(CN2C(=O)NC(C)(C)C2=O)c(CN2C(=O)NC(C)(C)C2=O)cc1C. The molecular formula is C20H26N4O4. The molecule has 0 aliphatic carbocycles. The van der Waals surface area contributed by atoms with Crippen LogP contribution in [-0.2, 0) is 22.7 Å². The van der Waals surface area contributed by atoms with E-state index in [9.17, 15) is 19.2 Å². The number of rotatable bonds is 4. The lowest BCUT2D eigenvalue weighted by molar-refractivity contribution is -0.131. The third-order valence-corrected chi connectivity index (χ3v) is 5.36. The maximum Gasteiger partial charge on any atom is 0.325 e. The van der Waals surface area contributed by atoms with Crippen LogP contribution >= 0.6 is 0 Å². The largest absolute Gasteiger partial charge is 0.325 e. The van der Waals surface area contributed by atoms with Gasteiger partial charge in [0.25, 0.3) is 11.8 Å². The van der Waals surface area contributed by atoms with Crippen LogP contribution in [0.3, 0.4) is 0 Å². The van der Waals surface area contributed by atoms with E-state index in [0.29, 0.717) is 0 Å². The molecule has 0 unspecified atom stereocenters. The summed E-state index contributed by atoms with van der Waals surface area (Å²) >= 11 is 0. The molecule has 1 aromatic carbocycles. The first kappa shape index (κ1) is 19.9. The van der Waals surface area contributed by atoms with Crippen molar-refractivity contribution in [2.45, 2.75) is 65.7 Å². The van der Waals surface area contributed by atoms with Crippen LogP contribution in [0.4, 0.5) is 9.59 Å². The zero-order valence-corrected chi connectivity index (χ0v) is 17.1. The fourth-order valence-electron chi connectivity index (χ4n) is 3.49. The minimum absolute atomic E-state index is 0.0809. The van der Waals surface area contributed by atoms with Gasteiger partial charge >= 0.3 is 12.1 Å². The molecule has 8 nitrogen and oxygen atoms in total. The molecule has 0 aromatic heterocycles. The third-order valence-electron chi connectivity index (χ3n) is 5.36. The van der Waals surface area contributed by atoms with Crippen LogP contribution in [0, 0.1) is 13.8 Å². The molecule has 0 atom stereocenters. The fourth-order valence-corrected chi connectivity index (χ4v) is 3.49. The Labute approximate surface area is 164 Å². The molecule has 28 heavy (non-hydrogen) atoms. The lowest BCUT2D eigenvalue weighted by Crippen LogP contribution is -2.40. The highest BCUT2D eigenvalue weighted by molar-refractivity contribution is 6.07. The molecule has 1 aromatic rings. The summed E-state index contributed by atoms with van der Waals surface area (Å²) in [5.74, 6) is -0.615. The molecule has 2 aliphatic rings. The first-order valence-corrected chi connectivity index (χ1v) is 9.21. The number of hydrogen-bond acceptors (Lipinski definition) is 4. The number of nitrogens with zero attached hydrogens (tertiary/aromatic N) is 2. The molecular weight excluding hydrogens is 360 g/mol. The van der Waals surface area contributed by atoms with Crippen molar-refractivity contribution in [1.82, 2.24) is 20.4 Å². The van der Waals surface area contributed by atoms with Gasteiger partial charge in [-0.15, -0.1) is 0 Å². The van der Waals surface area contributed by atoms with Crippen molar-refractivity contribution in [3.05, 3.63) is 34.4 Å². The van der Waals surface area contributed by atoms with Crippen molar-refractivity contribution in [1.29, 1.82) is 0 Å². The number of aryl methyl sites for hydroxylation is 2. The van der Waals surface area contributed by atoms with Crippen LogP contribution in [0.25, 0.3) is 0 Å². The van der Waals surface area contributed by atoms with Gasteiger partial charge in [-0.05, 0) is 63.8 Å². The van der Waals surface area contributed by atoms with E-state index in [1.54, 1.807) is 27.7 Å². The lowest BCUT2D eigenvalue weighted by atomic mass is 9.98. The van der Waals surface area contributed by atoms with Crippen molar-refractivity contribution >= 4 is 23.9 Å². The van der Waals surface area contributed by atoms with Gasteiger partial charge in [-0.3, -0.25) is 19.4 Å². The van der Waals surface area contributed by atoms with Gasteiger partial charge in [-0.25, -0.2) is 9.59 Å². The zero-order valence-electron chi connectivity index (χ0n) is 17.1. The minimum atomic E-state index is -0.953. The van der Waals surface area contributed by atoms with Gasteiger partial charge in [0, 0.05) is 0 Å². The van der Waals surface area contributed by atoms with Gasteiger partial charge in [-0.2, -0.15) is 0 Å². The van der Waals surface area contributed by atoms with E-state index in [1.807, 2.05) is 26.0 Å². The van der Waals surface area contributed by atoms with Gasteiger partial charge < -0.3 is 10.6 Å². The standard InChI is InChI=1S/C20H26N4O4/c1-11-7-13(9-23-15(25)19(3,4)21-17(23)27)14(8-12(11)2)10-24-16(26)20(5,6)22-18(24)28/h7-8H,9-10H2,1-6H3,(H,21,27)(H,22,28). The Morgan fingerprint density at radius 1 is 0.714 bits per heavy atom. The van der Waals surface area contributed by atoms with Crippen LogP contribution in [-0.4, -0.2) is 44.8 Å². The first-order valence-electron chi connectivity index (χ1n) is 9.21. The molecule has 6 amide bonds. The average molecular weight is 386 g/mol. The summed E-state index contributed by atoms with van der Waals surface area (Å²) in [6, 6.07) is 2.91. The number of amides is 6. The summed E-state index contributed by atoms with van der Waals surface area (Å²) in [5.41, 5.74) is 1.56. The molecule has 8 heteroatoms. The van der Waals surface area contributed by atoms with Crippen molar-refractivity contribution in [2.24, 2.45) is 0 Å². The minimum Gasteiger partial charge on any atom is -0.324 e. The number of hydrogen-bond donors (Lipinski definition) is 2. The average Bonchev–Trinajstić information content (AvgIpc) is 2.88. The van der Waals surface area contributed by atoms with E-state index in [0.717, 1.165) is 22.3 Å². The topological polar surface area (TPSA) is 98.8 Å². The predicted octanol–water partition coefficient (Wildman–Crippen LogP) is 1.96. The lowest BCUT2D eigenvalue weighted by Gasteiger charge is -2.21. The Bertz CT molecular complexity index is 831. The highest BCUT2D eigenvalue weighted by Crippen LogP contribution is 2.26. The molecule has 2 heterocycles. The van der Waals surface area contributed by atoms with Crippen LogP contribution < -0.4 is 10.6 Å². The monoisotopic (exact) mass is 386 g/mol. The predicted molar refractivity (Wildman–Crippen MR) is 102 cm³/mol. The van der Waals surface area contributed by atoms with Crippen LogP contribution in [0.1, 0.15) is 49.9 Å². The molecule has 3 rings (SSSR count). The van der Waals surface area contributed by atoms with E-state index in [1.165, 1.54) is 9.80 Å². The number of urea groups is 2. The van der Waals surface area contributed by atoms with Crippen molar-refractivity contribution in [3.8, 4) is 0 Å². The Balaban J connectivity index is 1.94. The second-order valence-corrected chi connectivity index (χ2v) is 8.60.